The first-order valence-electron chi connectivity index (χ1n) is 7.11. The first-order chi connectivity index (χ1) is 9.36. The van der Waals surface area contributed by atoms with Crippen molar-refractivity contribution in [1.29, 1.82) is 0 Å². The Morgan fingerprint density at radius 2 is 1.57 bits per heavy atom. The molecule has 1 aliphatic rings. The number of piperidine rings is 1. The number of hydrogen-bond acceptors (Lipinski definition) is 3. The van der Waals surface area contributed by atoms with E-state index in [9.17, 15) is 8.42 Å². The van der Waals surface area contributed by atoms with Crippen LogP contribution in [0.15, 0.2) is 17.0 Å². The molecule has 0 bridgehead atoms. The molecule has 0 radical (unpaired) electrons. The second kappa shape index (κ2) is 7.09. The van der Waals surface area contributed by atoms with Crippen LogP contribution in [-0.4, -0.2) is 38.9 Å². The van der Waals surface area contributed by atoms with Gasteiger partial charge in [-0.2, -0.15) is 4.31 Å². The Morgan fingerprint density at radius 3 is 2.00 bits per heavy atom. The van der Waals surface area contributed by atoms with Crippen LogP contribution >= 0.6 is 12.4 Å². The van der Waals surface area contributed by atoms with E-state index in [0.717, 1.165) is 29.5 Å². The van der Waals surface area contributed by atoms with Gasteiger partial charge in [0.15, 0.2) is 0 Å². The highest BCUT2D eigenvalue weighted by Gasteiger charge is 2.31. The minimum absolute atomic E-state index is 0. The molecule has 0 unspecified atom stereocenters. The molecule has 0 aromatic heterocycles. The molecule has 1 aliphatic heterocycles. The monoisotopic (exact) mass is 332 g/mol. The second-order valence-electron chi connectivity index (χ2n) is 5.69. The molecule has 0 amide bonds. The molecule has 1 N–H and O–H groups in total. The van der Waals surface area contributed by atoms with Gasteiger partial charge in [-0.15, -0.1) is 12.4 Å². The molecule has 2 rings (SSSR count). The van der Waals surface area contributed by atoms with Crippen molar-refractivity contribution >= 4 is 22.4 Å². The highest BCUT2D eigenvalue weighted by atomic mass is 35.5. The van der Waals surface area contributed by atoms with Crippen LogP contribution in [0.3, 0.4) is 0 Å². The summed E-state index contributed by atoms with van der Waals surface area (Å²) in [6.07, 6.45) is 1.75. The fourth-order valence-corrected chi connectivity index (χ4v) is 4.97. The molecule has 120 valence electrons. The maximum atomic E-state index is 12.8. The average Bonchev–Trinajstić information content (AvgIpc) is 2.37. The predicted octanol–water partition coefficient (Wildman–Crippen LogP) is 2.41. The molecule has 1 saturated heterocycles. The Kier molecular flexibility index (Phi) is 6.23. The van der Waals surface area contributed by atoms with Crippen molar-refractivity contribution in [3.8, 4) is 0 Å². The van der Waals surface area contributed by atoms with E-state index in [0.29, 0.717) is 24.0 Å². The van der Waals surface area contributed by atoms with E-state index in [2.05, 4.69) is 5.32 Å². The van der Waals surface area contributed by atoms with Crippen LogP contribution in [0.4, 0.5) is 0 Å². The van der Waals surface area contributed by atoms with Crippen molar-refractivity contribution in [2.75, 3.05) is 20.1 Å². The van der Waals surface area contributed by atoms with E-state index in [1.54, 1.807) is 4.31 Å². The molecule has 0 atom stereocenters. The third-order valence-corrected chi connectivity index (χ3v) is 6.27. The summed E-state index contributed by atoms with van der Waals surface area (Å²) in [4.78, 5) is 0.492. The summed E-state index contributed by atoms with van der Waals surface area (Å²) in [5, 5.41) is 3.22. The van der Waals surface area contributed by atoms with E-state index in [1.165, 1.54) is 0 Å². The molecule has 0 saturated carbocycles. The Morgan fingerprint density at radius 1 is 1.10 bits per heavy atom. The lowest BCUT2D eigenvalue weighted by molar-refractivity contribution is 0.298. The third-order valence-electron chi connectivity index (χ3n) is 4.06. The van der Waals surface area contributed by atoms with Crippen LogP contribution in [0.5, 0.6) is 0 Å². The zero-order valence-corrected chi connectivity index (χ0v) is 14.8. The summed E-state index contributed by atoms with van der Waals surface area (Å²) < 4.78 is 27.3. The van der Waals surface area contributed by atoms with Crippen molar-refractivity contribution in [3.63, 3.8) is 0 Å². The average molecular weight is 333 g/mol. The number of hydrogen-bond donors (Lipinski definition) is 1. The summed E-state index contributed by atoms with van der Waals surface area (Å²) >= 11 is 0. The van der Waals surface area contributed by atoms with Crippen molar-refractivity contribution in [3.05, 3.63) is 28.8 Å². The normalized spacial score (nSPS) is 17.5. The molecule has 1 aromatic rings. The van der Waals surface area contributed by atoms with Gasteiger partial charge in [-0.1, -0.05) is 17.7 Å². The fraction of sp³-hybridized carbons (Fsp3) is 0.600. The molecule has 1 aromatic carbocycles. The van der Waals surface area contributed by atoms with Crippen molar-refractivity contribution in [2.45, 2.75) is 44.6 Å². The van der Waals surface area contributed by atoms with Gasteiger partial charge in [0, 0.05) is 19.1 Å². The van der Waals surface area contributed by atoms with E-state index < -0.39 is 10.0 Å². The lowest BCUT2D eigenvalue weighted by atomic mass is 10.1. The molecule has 0 spiro atoms. The lowest BCUT2D eigenvalue weighted by Crippen LogP contribution is -2.44. The molecular weight excluding hydrogens is 308 g/mol. The Labute approximate surface area is 134 Å². The first kappa shape index (κ1) is 18.4. The topological polar surface area (TPSA) is 49.4 Å². The van der Waals surface area contributed by atoms with Gasteiger partial charge in [0.25, 0.3) is 0 Å². The minimum Gasteiger partial charge on any atom is -0.317 e. The quantitative estimate of drug-likeness (QED) is 0.924. The van der Waals surface area contributed by atoms with Crippen molar-refractivity contribution < 1.29 is 8.42 Å². The van der Waals surface area contributed by atoms with Gasteiger partial charge in [-0.3, -0.25) is 0 Å². The number of nitrogens with one attached hydrogen (secondary N) is 1. The summed E-state index contributed by atoms with van der Waals surface area (Å²) in [7, 11) is -1.43. The minimum atomic E-state index is -3.37. The number of rotatable bonds is 3. The fourth-order valence-electron chi connectivity index (χ4n) is 3.09. The van der Waals surface area contributed by atoms with Gasteiger partial charge in [-0.05, 0) is 51.8 Å². The number of aryl methyl sites for hydroxylation is 3. The SMILES string of the molecule is CNC1CCN(S(=O)(=O)c2c(C)cc(C)cc2C)CC1.Cl. The van der Waals surface area contributed by atoms with Crippen molar-refractivity contribution in [1.82, 2.24) is 9.62 Å². The standard InChI is InChI=1S/C15H24N2O2S.ClH/c1-11-9-12(2)15(13(3)10-11)20(18,19)17-7-5-14(16-4)6-8-17;/h9-10,14,16H,5-8H2,1-4H3;1H. The largest absolute Gasteiger partial charge is 0.317 e. The third kappa shape index (κ3) is 3.77. The molecule has 6 heteroatoms. The number of nitrogens with zero attached hydrogens (tertiary/aromatic N) is 1. The first-order valence-corrected chi connectivity index (χ1v) is 8.55. The second-order valence-corrected chi connectivity index (χ2v) is 7.57. The highest BCUT2D eigenvalue weighted by Crippen LogP contribution is 2.27. The van der Waals surface area contributed by atoms with Gasteiger partial charge < -0.3 is 5.32 Å². The van der Waals surface area contributed by atoms with Gasteiger partial charge in [0.05, 0.1) is 4.90 Å². The van der Waals surface area contributed by atoms with Gasteiger partial charge in [-0.25, -0.2) is 8.42 Å². The summed E-state index contributed by atoms with van der Waals surface area (Å²) in [6, 6.07) is 4.32. The summed E-state index contributed by atoms with van der Waals surface area (Å²) in [6.45, 7) is 6.95. The zero-order valence-electron chi connectivity index (χ0n) is 13.1. The number of sulfonamides is 1. The molecule has 4 nitrogen and oxygen atoms in total. The Hall–Kier alpha value is -0.620. The van der Waals surface area contributed by atoms with Crippen LogP contribution in [0.2, 0.25) is 0 Å². The molecule has 21 heavy (non-hydrogen) atoms. The summed E-state index contributed by atoms with van der Waals surface area (Å²) in [5.41, 5.74) is 2.80. The maximum Gasteiger partial charge on any atom is 0.243 e. The van der Waals surface area contributed by atoms with Crippen LogP contribution < -0.4 is 5.32 Å². The Bertz CT molecular complexity index is 571. The summed E-state index contributed by atoms with van der Waals surface area (Å²) in [5.74, 6) is 0. The van der Waals surface area contributed by atoms with Crippen LogP contribution in [0, 0.1) is 20.8 Å². The van der Waals surface area contributed by atoms with Gasteiger partial charge in [0.1, 0.15) is 0 Å². The van der Waals surface area contributed by atoms with Crippen molar-refractivity contribution in [2.24, 2.45) is 0 Å². The smallest absolute Gasteiger partial charge is 0.243 e. The number of halogens is 1. The zero-order chi connectivity index (χ0) is 14.9. The van der Waals surface area contributed by atoms with E-state index in [-0.39, 0.29) is 12.4 Å². The lowest BCUT2D eigenvalue weighted by Gasteiger charge is -2.31. The number of benzene rings is 1. The van der Waals surface area contributed by atoms with Crippen LogP contribution in [-0.2, 0) is 10.0 Å². The molecule has 1 heterocycles. The Balaban J connectivity index is 0.00000220. The molecule has 0 aliphatic carbocycles. The van der Waals surface area contributed by atoms with Gasteiger partial charge in [0.2, 0.25) is 10.0 Å². The van der Waals surface area contributed by atoms with E-state index >= 15 is 0 Å². The highest BCUT2D eigenvalue weighted by molar-refractivity contribution is 7.89. The maximum absolute atomic E-state index is 12.8. The van der Waals surface area contributed by atoms with Crippen LogP contribution in [0.1, 0.15) is 29.5 Å². The molecular formula is C15H25ClN2O2S. The van der Waals surface area contributed by atoms with Crippen LogP contribution in [0.25, 0.3) is 0 Å². The molecule has 1 fully saturated rings. The van der Waals surface area contributed by atoms with E-state index in [4.69, 9.17) is 0 Å². The predicted molar refractivity (Wildman–Crippen MR) is 88.7 cm³/mol. The van der Waals surface area contributed by atoms with E-state index in [1.807, 2.05) is 40.0 Å². The van der Waals surface area contributed by atoms with Gasteiger partial charge >= 0.3 is 0 Å².